The second kappa shape index (κ2) is 5.79. The van der Waals surface area contributed by atoms with E-state index in [0.717, 1.165) is 12.1 Å². The summed E-state index contributed by atoms with van der Waals surface area (Å²) in [6.45, 7) is 4.87. The molecule has 0 saturated heterocycles. The fourth-order valence-electron chi connectivity index (χ4n) is 2.84. The molecule has 3 rings (SSSR count). The third-order valence-electron chi connectivity index (χ3n) is 4.07. The standard InChI is InChI=1S/C18H18INO/c1-12-3-4-13(2)15(9-12)11-20-17-7-6-16(19)10-14(17)5-8-18(20)21/h3-4,6-7,9-10H,5,8,11H2,1-2H3. The van der Waals surface area contributed by atoms with E-state index in [1.807, 2.05) is 4.90 Å². The van der Waals surface area contributed by atoms with Crippen LogP contribution >= 0.6 is 22.6 Å². The van der Waals surface area contributed by atoms with E-state index < -0.39 is 0 Å². The number of aryl methyl sites for hydroxylation is 3. The predicted octanol–water partition coefficient (Wildman–Crippen LogP) is 4.39. The lowest BCUT2D eigenvalue weighted by Crippen LogP contribution is -2.34. The molecule has 1 aliphatic heterocycles. The van der Waals surface area contributed by atoms with Gasteiger partial charge in [-0.3, -0.25) is 4.79 Å². The third kappa shape index (κ3) is 2.98. The molecule has 2 aromatic carbocycles. The highest BCUT2D eigenvalue weighted by Crippen LogP contribution is 2.31. The van der Waals surface area contributed by atoms with Gasteiger partial charge in [-0.1, -0.05) is 23.8 Å². The van der Waals surface area contributed by atoms with Gasteiger partial charge in [0.1, 0.15) is 0 Å². The van der Waals surface area contributed by atoms with Crippen LogP contribution in [0.1, 0.15) is 28.7 Å². The summed E-state index contributed by atoms with van der Waals surface area (Å²) in [5.74, 6) is 0.226. The molecule has 1 aliphatic rings. The van der Waals surface area contributed by atoms with E-state index in [9.17, 15) is 4.79 Å². The molecule has 108 valence electrons. The molecule has 0 fully saturated rings. The number of hydrogen-bond acceptors (Lipinski definition) is 1. The van der Waals surface area contributed by atoms with E-state index in [1.54, 1.807) is 0 Å². The maximum atomic E-state index is 12.4. The van der Waals surface area contributed by atoms with E-state index in [2.05, 4.69) is 72.8 Å². The minimum Gasteiger partial charge on any atom is -0.308 e. The average Bonchev–Trinajstić information content (AvgIpc) is 2.45. The predicted molar refractivity (Wildman–Crippen MR) is 94.6 cm³/mol. The molecule has 2 nitrogen and oxygen atoms in total. The Labute approximate surface area is 139 Å². The van der Waals surface area contributed by atoms with Crippen LogP contribution in [-0.4, -0.2) is 5.91 Å². The SMILES string of the molecule is Cc1ccc(C)c(CN2C(=O)CCc3cc(I)ccc32)c1. The van der Waals surface area contributed by atoms with Crippen LogP contribution in [0.2, 0.25) is 0 Å². The fraction of sp³-hybridized carbons (Fsp3) is 0.278. The molecule has 0 N–H and O–H groups in total. The van der Waals surface area contributed by atoms with Crippen LogP contribution in [0, 0.1) is 17.4 Å². The monoisotopic (exact) mass is 391 g/mol. The van der Waals surface area contributed by atoms with Crippen LogP contribution in [0.25, 0.3) is 0 Å². The molecule has 0 unspecified atom stereocenters. The lowest BCUT2D eigenvalue weighted by atomic mass is 9.99. The molecule has 0 bridgehead atoms. The van der Waals surface area contributed by atoms with Crippen LogP contribution in [0.3, 0.4) is 0 Å². The Kier molecular flexibility index (Phi) is 4.02. The van der Waals surface area contributed by atoms with Gasteiger partial charge in [-0.15, -0.1) is 0 Å². The van der Waals surface area contributed by atoms with Crippen molar-refractivity contribution in [3.8, 4) is 0 Å². The molecule has 0 aromatic heterocycles. The van der Waals surface area contributed by atoms with Crippen LogP contribution < -0.4 is 4.90 Å². The largest absolute Gasteiger partial charge is 0.308 e. The Hall–Kier alpha value is -1.36. The van der Waals surface area contributed by atoms with E-state index in [-0.39, 0.29) is 5.91 Å². The first-order chi connectivity index (χ1) is 10.0. The number of hydrogen-bond donors (Lipinski definition) is 0. The quantitative estimate of drug-likeness (QED) is 0.696. The summed E-state index contributed by atoms with van der Waals surface area (Å²) < 4.78 is 1.23. The van der Waals surface area contributed by atoms with Crippen molar-refractivity contribution in [1.82, 2.24) is 0 Å². The molecule has 0 atom stereocenters. The van der Waals surface area contributed by atoms with Gasteiger partial charge < -0.3 is 4.90 Å². The molecule has 0 aliphatic carbocycles. The van der Waals surface area contributed by atoms with Gasteiger partial charge in [0.2, 0.25) is 5.91 Å². The van der Waals surface area contributed by atoms with Gasteiger partial charge in [0, 0.05) is 15.7 Å². The van der Waals surface area contributed by atoms with E-state index in [1.165, 1.54) is 25.8 Å². The molecular formula is C18H18INO. The summed E-state index contributed by atoms with van der Waals surface area (Å²) in [6, 6.07) is 12.8. The molecular weight excluding hydrogens is 373 g/mol. The van der Waals surface area contributed by atoms with Crippen molar-refractivity contribution in [3.05, 3.63) is 62.2 Å². The van der Waals surface area contributed by atoms with Crippen molar-refractivity contribution >= 4 is 34.2 Å². The minimum atomic E-state index is 0.226. The summed E-state index contributed by atoms with van der Waals surface area (Å²) in [5.41, 5.74) is 6.07. The maximum Gasteiger partial charge on any atom is 0.227 e. The Bertz CT molecular complexity index is 708. The van der Waals surface area contributed by atoms with Gasteiger partial charge >= 0.3 is 0 Å². The first kappa shape index (κ1) is 14.6. The molecule has 21 heavy (non-hydrogen) atoms. The Morgan fingerprint density at radius 3 is 2.71 bits per heavy atom. The van der Waals surface area contributed by atoms with Gasteiger partial charge in [0.05, 0.1) is 6.54 Å². The van der Waals surface area contributed by atoms with E-state index >= 15 is 0 Å². The maximum absolute atomic E-state index is 12.4. The number of fused-ring (bicyclic) bond motifs is 1. The third-order valence-corrected chi connectivity index (χ3v) is 4.75. The van der Waals surface area contributed by atoms with Crippen molar-refractivity contribution in [2.45, 2.75) is 33.2 Å². The lowest BCUT2D eigenvalue weighted by Gasteiger charge is -2.30. The summed E-state index contributed by atoms with van der Waals surface area (Å²) in [4.78, 5) is 14.3. The van der Waals surface area contributed by atoms with E-state index in [0.29, 0.717) is 13.0 Å². The number of carbonyl (C=O) groups excluding carboxylic acids is 1. The Morgan fingerprint density at radius 2 is 1.90 bits per heavy atom. The number of nitrogens with zero attached hydrogens (tertiary/aromatic N) is 1. The van der Waals surface area contributed by atoms with Crippen molar-refractivity contribution in [2.24, 2.45) is 0 Å². The molecule has 3 heteroatoms. The smallest absolute Gasteiger partial charge is 0.227 e. The highest BCUT2D eigenvalue weighted by Gasteiger charge is 2.24. The Morgan fingerprint density at radius 1 is 1.10 bits per heavy atom. The number of carbonyl (C=O) groups is 1. The van der Waals surface area contributed by atoms with Gasteiger partial charge in [0.25, 0.3) is 0 Å². The average molecular weight is 391 g/mol. The molecule has 0 saturated carbocycles. The number of halogens is 1. The zero-order chi connectivity index (χ0) is 15.0. The zero-order valence-corrected chi connectivity index (χ0v) is 14.5. The first-order valence-electron chi connectivity index (χ1n) is 7.19. The number of benzene rings is 2. The highest BCUT2D eigenvalue weighted by molar-refractivity contribution is 14.1. The van der Waals surface area contributed by atoms with Crippen molar-refractivity contribution in [3.63, 3.8) is 0 Å². The second-order valence-electron chi connectivity index (χ2n) is 5.68. The molecule has 0 radical (unpaired) electrons. The number of rotatable bonds is 2. The van der Waals surface area contributed by atoms with Crippen molar-refractivity contribution in [2.75, 3.05) is 4.90 Å². The van der Waals surface area contributed by atoms with Crippen LogP contribution in [-0.2, 0) is 17.8 Å². The first-order valence-corrected chi connectivity index (χ1v) is 8.27. The van der Waals surface area contributed by atoms with Crippen LogP contribution in [0.15, 0.2) is 36.4 Å². The molecule has 2 aromatic rings. The van der Waals surface area contributed by atoms with Gasteiger partial charge in [-0.2, -0.15) is 0 Å². The molecule has 0 spiro atoms. The van der Waals surface area contributed by atoms with Crippen LogP contribution in [0.4, 0.5) is 5.69 Å². The lowest BCUT2D eigenvalue weighted by molar-refractivity contribution is -0.119. The van der Waals surface area contributed by atoms with Crippen LogP contribution in [0.5, 0.6) is 0 Å². The second-order valence-corrected chi connectivity index (χ2v) is 6.93. The zero-order valence-electron chi connectivity index (χ0n) is 12.3. The van der Waals surface area contributed by atoms with E-state index in [4.69, 9.17) is 0 Å². The summed E-state index contributed by atoms with van der Waals surface area (Å²) in [7, 11) is 0. The summed E-state index contributed by atoms with van der Waals surface area (Å²) in [5, 5.41) is 0. The minimum absolute atomic E-state index is 0.226. The van der Waals surface area contributed by atoms with Gasteiger partial charge in [-0.05, 0) is 77.7 Å². The molecule has 1 amide bonds. The molecule has 1 heterocycles. The summed E-state index contributed by atoms with van der Waals surface area (Å²) >= 11 is 2.33. The van der Waals surface area contributed by atoms with Gasteiger partial charge in [0.15, 0.2) is 0 Å². The number of amides is 1. The fourth-order valence-corrected chi connectivity index (χ4v) is 3.40. The normalized spacial score (nSPS) is 14.2. The Balaban J connectivity index is 1.98. The topological polar surface area (TPSA) is 20.3 Å². The van der Waals surface area contributed by atoms with Gasteiger partial charge in [-0.25, -0.2) is 0 Å². The number of anilines is 1. The van der Waals surface area contributed by atoms with Crippen molar-refractivity contribution in [1.29, 1.82) is 0 Å². The summed E-state index contributed by atoms with van der Waals surface area (Å²) in [6.07, 6.45) is 1.46. The van der Waals surface area contributed by atoms with Crippen molar-refractivity contribution < 1.29 is 4.79 Å². The highest BCUT2D eigenvalue weighted by atomic mass is 127.